The summed E-state index contributed by atoms with van der Waals surface area (Å²) in [7, 11) is 4.10. The van der Waals surface area contributed by atoms with Gasteiger partial charge in [0.15, 0.2) is 0 Å². The van der Waals surface area contributed by atoms with Crippen molar-refractivity contribution in [2.75, 3.05) is 40.4 Å². The molecule has 0 bridgehead atoms. The van der Waals surface area contributed by atoms with Crippen LogP contribution in [0.25, 0.3) is 0 Å². The molecule has 0 saturated carbocycles. The molecule has 0 spiro atoms. The molecule has 0 fully saturated rings. The lowest BCUT2D eigenvalue weighted by molar-refractivity contribution is 0.119. The van der Waals surface area contributed by atoms with Crippen LogP contribution >= 0.6 is 11.3 Å². The average Bonchev–Trinajstić information content (AvgIpc) is 2.75. The topological polar surface area (TPSA) is 37.4 Å². The third-order valence-corrected chi connectivity index (χ3v) is 3.45. The Kier molecular flexibility index (Phi) is 7.35. The molecule has 17 heavy (non-hydrogen) atoms. The summed E-state index contributed by atoms with van der Waals surface area (Å²) in [6.45, 7) is 6.48. The van der Waals surface area contributed by atoms with Gasteiger partial charge in [-0.1, -0.05) is 6.92 Å². The van der Waals surface area contributed by atoms with Gasteiger partial charge in [-0.25, -0.2) is 4.98 Å². The molecule has 0 amide bonds. The van der Waals surface area contributed by atoms with Crippen molar-refractivity contribution in [3.05, 3.63) is 16.1 Å². The van der Waals surface area contributed by atoms with Gasteiger partial charge in [0, 0.05) is 30.7 Å². The van der Waals surface area contributed by atoms with Gasteiger partial charge in [0.05, 0.1) is 18.2 Å². The Morgan fingerprint density at radius 1 is 1.41 bits per heavy atom. The zero-order valence-corrected chi connectivity index (χ0v) is 11.8. The lowest BCUT2D eigenvalue weighted by Gasteiger charge is -2.09. The maximum absolute atomic E-state index is 5.49. The standard InChI is InChI=1S/C12H23N3OS/c1-4-12-14-10-11(17-12)9-13-5-7-16-8-6-15(2)3/h10,13H,4-9H2,1-3H3. The number of rotatable bonds is 9. The zero-order chi connectivity index (χ0) is 12.5. The Balaban J connectivity index is 1.97. The van der Waals surface area contributed by atoms with Crippen molar-refractivity contribution in [1.82, 2.24) is 15.2 Å². The molecule has 0 unspecified atom stereocenters. The van der Waals surface area contributed by atoms with Crippen LogP contribution in [0.15, 0.2) is 6.20 Å². The molecule has 0 aliphatic heterocycles. The van der Waals surface area contributed by atoms with Gasteiger partial charge in [-0.15, -0.1) is 11.3 Å². The lowest BCUT2D eigenvalue weighted by atomic mass is 10.5. The van der Waals surface area contributed by atoms with Gasteiger partial charge in [-0.05, 0) is 20.5 Å². The van der Waals surface area contributed by atoms with E-state index in [-0.39, 0.29) is 0 Å². The highest BCUT2D eigenvalue weighted by Gasteiger charge is 1.99. The van der Waals surface area contributed by atoms with Crippen molar-refractivity contribution in [2.45, 2.75) is 19.9 Å². The van der Waals surface area contributed by atoms with Crippen LogP contribution in [-0.2, 0) is 17.7 Å². The number of hydrogen-bond acceptors (Lipinski definition) is 5. The largest absolute Gasteiger partial charge is 0.379 e. The minimum absolute atomic E-state index is 0.771. The summed E-state index contributed by atoms with van der Waals surface area (Å²) in [6, 6.07) is 0. The summed E-state index contributed by atoms with van der Waals surface area (Å²) < 4.78 is 5.49. The molecule has 0 atom stereocenters. The van der Waals surface area contributed by atoms with Crippen LogP contribution in [0.4, 0.5) is 0 Å². The first-order chi connectivity index (χ1) is 8.22. The van der Waals surface area contributed by atoms with Crippen molar-refractivity contribution in [3.63, 3.8) is 0 Å². The molecular weight excluding hydrogens is 234 g/mol. The van der Waals surface area contributed by atoms with E-state index in [0.717, 1.165) is 39.3 Å². The molecule has 1 heterocycles. The van der Waals surface area contributed by atoms with Crippen LogP contribution in [0.2, 0.25) is 0 Å². The Bertz CT molecular complexity index is 302. The first kappa shape index (κ1) is 14.6. The Hall–Kier alpha value is -0.490. The zero-order valence-electron chi connectivity index (χ0n) is 11.0. The summed E-state index contributed by atoms with van der Waals surface area (Å²) in [5.74, 6) is 0. The van der Waals surface area contributed by atoms with Crippen LogP contribution < -0.4 is 5.32 Å². The molecule has 1 aromatic rings. The Morgan fingerprint density at radius 2 is 2.24 bits per heavy atom. The highest BCUT2D eigenvalue weighted by atomic mass is 32.1. The normalized spacial score (nSPS) is 11.3. The van der Waals surface area contributed by atoms with Crippen molar-refractivity contribution in [1.29, 1.82) is 0 Å². The van der Waals surface area contributed by atoms with Gasteiger partial charge < -0.3 is 15.0 Å². The molecule has 0 radical (unpaired) electrons. The van der Waals surface area contributed by atoms with E-state index in [1.807, 2.05) is 6.20 Å². The van der Waals surface area contributed by atoms with Crippen molar-refractivity contribution < 1.29 is 4.74 Å². The molecule has 0 aliphatic carbocycles. The van der Waals surface area contributed by atoms with Gasteiger partial charge >= 0.3 is 0 Å². The van der Waals surface area contributed by atoms with Crippen LogP contribution in [0.3, 0.4) is 0 Å². The quantitative estimate of drug-likeness (QED) is 0.678. The molecule has 1 rings (SSSR count). The van der Waals surface area contributed by atoms with Crippen LogP contribution in [-0.4, -0.2) is 50.3 Å². The molecule has 0 aromatic carbocycles. The van der Waals surface area contributed by atoms with Crippen molar-refractivity contribution in [3.8, 4) is 0 Å². The van der Waals surface area contributed by atoms with Crippen LogP contribution in [0, 0.1) is 0 Å². The second-order valence-corrected chi connectivity index (χ2v) is 5.37. The molecule has 1 N–H and O–H groups in total. The minimum Gasteiger partial charge on any atom is -0.379 e. The van der Waals surface area contributed by atoms with E-state index in [2.05, 4.69) is 36.2 Å². The third kappa shape index (κ3) is 6.73. The number of likely N-dealkylation sites (N-methyl/N-ethyl adjacent to an activating group) is 1. The van der Waals surface area contributed by atoms with Gasteiger partial charge in [0.1, 0.15) is 0 Å². The highest BCUT2D eigenvalue weighted by molar-refractivity contribution is 7.11. The number of hydrogen-bond donors (Lipinski definition) is 1. The molecular formula is C12H23N3OS. The monoisotopic (exact) mass is 257 g/mol. The highest BCUT2D eigenvalue weighted by Crippen LogP contribution is 2.12. The maximum Gasteiger partial charge on any atom is 0.0925 e. The molecule has 98 valence electrons. The van der Waals surface area contributed by atoms with E-state index in [0.29, 0.717) is 0 Å². The fourth-order valence-corrected chi connectivity index (χ4v) is 2.13. The van der Waals surface area contributed by atoms with Crippen molar-refractivity contribution >= 4 is 11.3 Å². The number of ether oxygens (including phenoxy) is 1. The molecule has 5 heteroatoms. The van der Waals surface area contributed by atoms with E-state index >= 15 is 0 Å². The first-order valence-electron chi connectivity index (χ1n) is 6.09. The van der Waals surface area contributed by atoms with Crippen LogP contribution in [0.5, 0.6) is 0 Å². The third-order valence-electron chi connectivity index (χ3n) is 2.31. The van der Waals surface area contributed by atoms with E-state index in [9.17, 15) is 0 Å². The summed E-state index contributed by atoms with van der Waals surface area (Å²) in [5, 5.41) is 4.57. The summed E-state index contributed by atoms with van der Waals surface area (Å²) >= 11 is 1.78. The van der Waals surface area contributed by atoms with Crippen LogP contribution in [0.1, 0.15) is 16.8 Å². The van der Waals surface area contributed by atoms with E-state index in [1.54, 1.807) is 11.3 Å². The fraction of sp³-hybridized carbons (Fsp3) is 0.750. The van der Waals surface area contributed by atoms with E-state index in [1.165, 1.54) is 9.88 Å². The summed E-state index contributed by atoms with van der Waals surface area (Å²) in [4.78, 5) is 7.75. The van der Waals surface area contributed by atoms with Gasteiger partial charge in [-0.3, -0.25) is 0 Å². The smallest absolute Gasteiger partial charge is 0.0925 e. The summed E-state index contributed by atoms with van der Waals surface area (Å²) in [6.07, 6.45) is 2.99. The van der Waals surface area contributed by atoms with Gasteiger partial charge in [0.25, 0.3) is 0 Å². The predicted octanol–water partition coefficient (Wildman–Crippen LogP) is 1.37. The van der Waals surface area contributed by atoms with E-state index in [4.69, 9.17) is 4.74 Å². The molecule has 0 aliphatic rings. The number of nitrogens with zero attached hydrogens (tertiary/aromatic N) is 2. The van der Waals surface area contributed by atoms with Gasteiger partial charge in [-0.2, -0.15) is 0 Å². The number of aromatic nitrogens is 1. The molecule has 1 aromatic heterocycles. The second kappa shape index (κ2) is 8.58. The Morgan fingerprint density at radius 3 is 2.88 bits per heavy atom. The number of aryl methyl sites for hydroxylation is 1. The number of nitrogens with one attached hydrogen (secondary N) is 1. The average molecular weight is 257 g/mol. The SMILES string of the molecule is CCc1ncc(CNCCOCCN(C)C)s1. The number of thiazole rings is 1. The summed E-state index contributed by atoms with van der Waals surface area (Å²) in [5.41, 5.74) is 0. The first-order valence-corrected chi connectivity index (χ1v) is 6.90. The van der Waals surface area contributed by atoms with Gasteiger partial charge in [0.2, 0.25) is 0 Å². The minimum atomic E-state index is 0.771. The maximum atomic E-state index is 5.49. The van der Waals surface area contributed by atoms with E-state index < -0.39 is 0 Å². The molecule has 4 nitrogen and oxygen atoms in total. The molecule has 0 saturated heterocycles. The van der Waals surface area contributed by atoms with Crippen molar-refractivity contribution in [2.24, 2.45) is 0 Å². The predicted molar refractivity (Wildman–Crippen MR) is 72.6 cm³/mol. The lowest BCUT2D eigenvalue weighted by Crippen LogP contribution is -2.22. The fourth-order valence-electron chi connectivity index (χ4n) is 1.30. The Labute approximate surface area is 108 Å². The second-order valence-electron chi connectivity index (χ2n) is 4.17.